The summed E-state index contributed by atoms with van der Waals surface area (Å²) in [5.41, 5.74) is 1.55. The van der Waals surface area contributed by atoms with Crippen molar-refractivity contribution in [3.05, 3.63) is 23.5 Å². The van der Waals surface area contributed by atoms with Gasteiger partial charge in [-0.2, -0.15) is 0 Å². The maximum atomic E-state index is 14.6. The molecule has 0 saturated carbocycles. The van der Waals surface area contributed by atoms with Gasteiger partial charge in [0.05, 0.1) is 24.5 Å². The first-order valence-electron chi connectivity index (χ1n) is 7.79. The van der Waals surface area contributed by atoms with Gasteiger partial charge in [0.2, 0.25) is 5.91 Å². The van der Waals surface area contributed by atoms with Gasteiger partial charge in [-0.15, -0.1) is 0 Å². The third-order valence-electron chi connectivity index (χ3n) is 4.16. The van der Waals surface area contributed by atoms with Crippen LogP contribution in [0.1, 0.15) is 12.5 Å². The minimum absolute atomic E-state index is 0.203. The highest BCUT2D eigenvalue weighted by molar-refractivity contribution is 6.05. The Morgan fingerprint density at radius 1 is 1.52 bits per heavy atom. The highest BCUT2D eigenvalue weighted by Gasteiger charge is 2.35. The van der Waals surface area contributed by atoms with Crippen LogP contribution in [0.2, 0.25) is 0 Å². The third-order valence-corrected chi connectivity index (χ3v) is 4.16. The fourth-order valence-electron chi connectivity index (χ4n) is 3.02. The van der Waals surface area contributed by atoms with Crippen molar-refractivity contribution in [2.75, 3.05) is 37.0 Å². The largest absolute Gasteiger partial charge is 0.442 e. The van der Waals surface area contributed by atoms with Crippen molar-refractivity contribution < 1.29 is 23.6 Å². The second-order valence-electron chi connectivity index (χ2n) is 5.91. The van der Waals surface area contributed by atoms with Crippen molar-refractivity contribution in [2.45, 2.75) is 19.4 Å². The Balaban J connectivity index is 1.82. The molecule has 0 radical (unpaired) electrons. The SMILES string of the molecule is CON=C1Cc2cc(N3CC(CNC(C)=O)OC3=O)cc(F)c2N1C. The highest BCUT2D eigenvalue weighted by Crippen LogP contribution is 2.36. The lowest BCUT2D eigenvalue weighted by molar-refractivity contribution is -0.119. The average Bonchev–Trinajstić information content (AvgIpc) is 3.06. The van der Waals surface area contributed by atoms with E-state index in [1.54, 1.807) is 18.0 Å². The second kappa shape index (κ2) is 6.58. The summed E-state index contributed by atoms with van der Waals surface area (Å²) in [6, 6.07) is 3.04. The number of anilines is 2. The molecular formula is C16H19FN4O4. The number of likely N-dealkylation sites (N-methyl/N-ethyl adjacent to an activating group) is 1. The van der Waals surface area contributed by atoms with E-state index in [0.717, 1.165) is 0 Å². The second-order valence-corrected chi connectivity index (χ2v) is 5.91. The molecule has 134 valence electrons. The number of carbonyl (C=O) groups excluding carboxylic acids is 2. The molecule has 1 atom stereocenters. The van der Waals surface area contributed by atoms with Crippen molar-refractivity contribution >= 4 is 29.2 Å². The molecule has 0 bridgehead atoms. The van der Waals surface area contributed by atoms with Crippen molar-refractivity contribution in [3.63, 3.8) is 0 Å². The standard InChI is InChI=1S/C16H19FN4O4/c1-9(22)18-7-12-8-21(16(23)25-12)11-4-10-5-14(19-24-3)20(2)15(10)13(17)6-11/h4,6,12H,5,7-8H2,1-3H3,(H,18,22). The molecule has 9 heteroatoms. The number of hydrogen-bond acceptors (Lipinski definition) is 5. The zero-order chi connectivity index (χ0) is 18.1. The molecule has 1 N–H and O–H groups in total. The number of amides is 2. The molecular weight excluding hydrogens is 331 g/mol. The highest BCUT2D eigenvalue weighted by atomic mass is 19.1. The van der Waals surface area contributed by atoms with Crippen LogP contribution in [0, 0.1) is 5.82 Å². The zero-order valence-corrected chi connectivity index (χ0v) is 14.2. The number of cyclic esters (lactones) is 1. The smallest absolute Gasteiger partial charge is 0.414 e. The Morgan fingerprint density at radius 2 is 2.28 bits per heavy atom. The summed E-state index contributed by atoms with van der Waals surface area (Å²) < 4.78 is 19.8. The summed E-state index contributed by atoms with van der Waals surface area (Å²) in [5.74, 6) is -0.0680. The summed E-state index contributed by atoms with van der Waals surface area (Å²) in [6.07, 6.45) is -0.629. The molecule has 3 rings (SSSR count). The summed E-state index contributed by atoms with van der Waals surface area (Å²) in [7, 11) is 3.14. The van der Waals surface area contributed by atoms with E-state index in [2.05, 4.69) is 10.5 Å². The summed E-state index contributed by atoms with van der Waals surface area (Å²) in [4.78, 5) is 30.8. The number of hydrogen-bond donors (Lipinski definition) is 1. The molecule has 2 aliphatic rings. The fourth-order valence-corrected chi connectivity index (χ4v) is 3.02. The molecule has 1 aromatic carbocycles. The van der Waals surface area contributed by atoms with Crippen LogP contribution in [0.4, 0.5) is 20.6 Å². The van der Waals surface area contributed by atoms with Crippen molar-refractivity contribution in [1.29, 1.82) is 0 Å². The Morgan fingerprint density at radius 3 is 2.96 bits per heavy atom. The van der Waals surface area contributed by atoms with Crippen molar-refractivity contribution in [1.82, 2.24) is 5.32 Å². The van der Waals surface area contributed by atoms with E-state index in [1.807, 2.05) is 0 Å². The van der Waals surface area contributed by atoms with Gasteiger partial charge in [-0.1, -0.05) is 5.16 Å². The number of oxime groups is 1. The van der Waals surface area contributed by atoms with Crippen LogP contribution >= 0.6 is 0 Å². The summed E-state index contributed by atoms with van der Waals surface area (Å²) in [6.45, 7) is 1.85. The predicted octanol–water partition coefficient (Wildman–Crippen LogP) is 1.24. The molecule has 2 aliphatic heterocycles. The fraction of sp³-hybridized carbons (Fsp3) is 0.438. The maximum Gasteiger partial charge on any atom is 0.414 e. The van der Waals surface area contributed by atoms with E-state index < -0.39 is 18.0 Å². The first-order valence-corrected chi connectivity index (χ1v) is 7.79. The summed E-state index contributed by atoms with van der Waals surface area (Å²) >= 11 is 0. The Bertz CT molecular complexity index is 752. The number of rotatable bonds is 4. The molecule has 0 aromatic heterocycles. The lowest BCUT2D eigenvalue weighted by Crippen LogP contribution is -2.33. The molecule has 2 heterocycles. The molecule has 8 nitrogen and oxygen atoms in total. The van der Waals surface area contributed by atoms with E-state index >= 15 is 0 Å². The van der Waals surface area contributed by atoms with Gasteiger partial charge in [-0.25, -0.2) is 9.18 Å². The van der Waals surface area contributed by atoms with Crippen LogP contribution in [0.5, 0.6) is 0 Å². The number of nitrogens with zero attached hydrogens (tertiary/aromatic N) is 3. The van der Waals surface area contributed by atoms with Crippen LogP contribution < -0.4 is 15.1 Å². The van der Waals surface area contributed by atoms with Gasteiger partial charge in [0.15, 0.2) is 5.84 Å². The first kappa shape index (κ1) is 17.0. The van der Waals surface area contributed by atoms with Crippen LogP contribution in [0.15, 0.2) is 17.3 Å². The zero-order valence-electron chi connectivity index (χ0n) is 14.2. The molecule has 0 aliphatic carbocycles. The Labute approximate surface area is 144 Å². The number of amidine groups is 1. The van der Waals surface area contributed by atoms with Gasteiger partial charge < -0.3 is 19.8 Å². The maximum absolute atomic E-state index is 14.6. The Kier molecular flexibility index (Phi) is 4.47. The molecule has 1 saturated heterocycles. The van der Waals surface area contributed by atoms with E-state index in [9.17, 15) is 14.0 Å². The van der Waals surface area contributed by atoms with E-state index in [4.69, 9.17) is 9.57 Å². The van der Waals surface area contributed by atoms with E-state index in [-0.39, 0.29) is 19.0 Å². The van der Waals surface area contributed by atoms with E-state index in [0.29, 0.717) is 29.2 Å². The van der Waals surface area contributed by atoms with Crippen molar-refractivity contribution in [3.8, 4) is 0 Å². The first-order chi connectivity index (χ1) is 11.9. The number of ether oxygens (including phenoxy) is 1. The lowest BCUT2D eigenvalue weighted by Gasteiger charge is -2.17. The summed E-state index contributed by atoms with van der Waals surface area (Å²) in [5, 5.41) is 6.49. The normalized spacial score (nSPS) is 20.7. The Hall–Kier alpha value is -2.84. The number of nitrogens with one attached hydrogen (secondary N) is 1. The van der Waals surface area contributed by atoms with Crippen molar-refractivity contribution in [2.24, 2.45) is 5.16 Å². The number of halogens is 1. The van der Waals surface area contributed by atoms with Gasteiger partial charge in [0.25, 0.3) is 0 Å². The topological polar surface area (TPSA) is 83.5 Å². The monoisotopic (exact) mass is 350 g/mol. The van der Waals surface area contributed by atoms with Crippen LogP contribution in [0.25, 0.3) is 0 Å². The average molecular weight is 350 g/mol. The van der Waals surface area contributed by atoms with Gasteiger partial charge in [-0.05, 0) is 17.7 Å². The third kappa shape index (κ3) is 3.21. The minimum atomic E-state index is -0.563. The molecule has 2 amide bonds. The van der Waals surface area contributed by atoms with Gasteiger partial charge in [-0.3, -0.25) is 9.69 Å². The number of benzene rings is 1. The van der Waals surface area contributed by atoms with Gasteiger partial charge in [0, 0.05) is 20.4 Å². The molecule has 0 spiro atoms. The molecule has 1 aromatic rings. The molecule has 1 unspecified atom stereocenters. The predicted molar refractivity (Wildman–Crippen MR) is 89.2 cm³/mol. The van der Waals surface area contributed by atoms with E-state index in [1.165, 1.54) is 25.0 Å². The van der Waals surface area contributed by atoms with Gasteiger partial charge >= 0.3 is 6.09 Å². The van der Waals surface area contributed by atoms with Gasteiger partial charge in [0.1, 0.15) is 19.0 Å². The quantitative estimate of drug-likeness (QED) is 0.826. The van der Waals surface area contributed by atoms with Crippen LogP contribution in [-0.4, -0.2) is 51.2 Å². The molecule has 1 fully saturated rings. The molecule has 25 heavy (non-hydrogen) atoms. The lowest BCUT2D eigenvalue weighted by atomic mass is 10.1. The van der Waals surface area contributed by atoms with Crippen LogP contribution in [0.3, 0.4) is 0 Å². The minimum Gasteiger partial charge on any atom is -0.442 e. The number of carbonyl (C=O) groups is 2. The van der Waals surface area contributed by atoms with Crippen LogP contribution in [-0.2, 0) is 20.8 Å². The number of fused-ring (bicyclic) bond motifs is 1.